The van der Waals surface area contributed by atoms with Crippen LogP contribution in [-0.2, 0) is 14.8 Å². The molecule has 0 fully saturated rings. The Morgan fingerprint density at radius 1 is 1.19 bits per heavy atom. The van der Waals surface area contributed by atoms with Crippen LogP contribution in [-0.4, -0.2) is 27.0 Å². The van der Waals surface area contributed by atoms with Crippen molar-refractivity contribution >= 4 is 21.6 Å². The number of nitrogens with one attached hydrogen (secondary N) is 2. The molecule has 0 aromatic heterocycles. The first kappa shape index (κ1) is 20.8. The summed E-state index contributed by atoms with van der Waals surface area (Å²) in [5, 5.41) is 2.05. The summed E-state index contributed by atoms with van der Waals surface area (Å²) < 4.78 is 59.7. The molecule has 0 aliphatic rings. The number of halogens is 2. The lowest BCUT2D eigenvalue weighted by atomic mass is 10.2. The van der Waals surface area contributed by atoms with Crippen LogP contribution in [0.25, 0.3) is 0 Å². The fourth-order valence-electron chi connectivity index (χ4n) is 2.31. The van der Waals surface area contributed by atoms with Crippen LogP contribution in [0.15, 0.2) is 41.3 Å². The number of benzene rings is 2. The highest BCUT2D eigenvalue weighted by Crippen LogP contribution is 2.22. The van der Waals surface area contributed by atoms with E-state index in [0.717, 1.165) is 18.2 Å². The van der Waals surface area contributed by atoms with Crippen LogP contribution in [0.5, 0.6) is 5.75 Å². The molecule has 0 saturated heterocycles. The second-order valence-electron chi connectivity index (χ2n) is 5.79. The Bertz CT molecular complexity index is 928. The third-order valence-electron chi connectivity index (χ3n) is 3.69. The zero-order chi connectivity index (χ0) is 20.2. The number of aryl methyl sites for hydroxylation is 1. The van der Waals surface area contributed by atoms with E-state index in [1.165, 1.54) is 25.1 Å². The zero-order valence-corrected chi connectivity index (χ0v) is 15.9. The quantitative estimate of drug-likeness (QED) is 0.751. The number of anilines is 1. The molecule has 0 heterocycles. The van der Waals surface area contributed by atoms with Gasteiger partial charge < -0.3 is 10.1 Å². The van der Waals surface area contributed by atoms with Gasteiger partial charge in [-0.25, -0.2) is 17.2 Å². The van der Waals surface area contributed by atoms with Crippen molar-refractivity contribution in [2.24, 2.45) is 0 Å². The number of amides is 1. The Labute approximate surface area is 156 Å². The highest BCUT2D eigenvalue weighted by Gasteiger charge is 2.24. The van der Waals surface area contributed by atoms with Gasteiger partial charge in [0.05, 0.1) is 17.5 Å². The molecule has 6 nitrogen and oxygen atoms in total. The maximum atomic E-state index is 13.6. The van der Waals surface area contributed by atoms with E-state index in [0.29, 0.717) is 17.9 Å². The molecule has 2 N–H and O–H groups in total. The molecular formula is C18H20F2N2O4S. The lowest BCUT2D eigenvalue weighted by Crippen LogP contribution is -2.41. The van der Waals surface area contributed by atoms with E-state index in [1.807, 2.05) is 6.92 Å². The van der Waals surface area contributed by atoms with Crippen molar-refractivity contribution in [2.45, 2.75) is 31.7 Å². The molecule has 0 aliphatic carbocycles. The average molecular weight is 398 g/mol. The van der Waals surface area contributed by atoms with Crippen molar-refractivity contribution in [1.82, 2.24) is 4.72 Å². The molecule has 2 aromatic carbocycles. The summed E-state index contributed by atoms with van der Waals surface area (Å²) in [4.78, 5) is 12.1. The van der Waals surface area contributed by atoms with Crippen LogP contribution in [0.2, 0.25) is 0 Å². The molecule has 0 unspecified atom stereocenters. The number of para-hydroxylation sites is 1. The van der Waals surface area contributed by atoms with Crippen LogP contribution >= 0.6 is 0 Å². The SMILES string of the molecule is CCOc1ccc(S(=O)(=O)N[C@@H](C)C(=O)Nc2c(F)cccc2F)cc1C. The minimum Gasteiger partial charge on any atom is -0.494 e. The molecule has 2 aromatic rings. The van der Waals surface area contributed by atoms with Crippen molar-refractivity contribution in [3.63, 3.8) is 0 Å². The summed E-state index contributed by atoms with van der Waals surface area (Å²) in [5.41, 5.74) is -0.0179. The maximum absolute atomic E-state index is 13.6. The molecule has 1 amide bonds. The Hall–Kier alpha value is -2.52. The Kier molecular flexibility index (Phi) is 6.50. The topological polar surface area (TPSA) is 84.5 Å². The van der Waals surface area contributed by atoms with E-state index in [4.69, 9.17) is 4.74 Å². The zero-order valence-electron chi connectivity index (χ0n) is 15.0. The second kappa shape index (κ2) is 8.45. The van der Waals surface area contributed by atoms with Gasteiger partial charge in [0.25, 0.3) is 0 Å². The predicted molar refractivity (Wildman–Crippen MR) is 97.1 cm³/mol. The normalized spacial score (nSPS) is 12.5. The summed E-state index contributed by atoms with van der Waals surface area (Å²) in [7, 11) is -4.03. The lowest BCUT2D eigenvalue weighted by Gasteiger charge is -2.16. The number of hydrogen-bond acceptors (Lipinski definition) is 4. The average Bonchev–Trinajstić information content (AvgIpc) is 2.59. The van der Waals surface area contributed by atoms with Gasteiger partial charge in [0.1, 0.15) is 23.1 Å². The third kappa shape index (κ3) is 5.01. The van der Waals surface area contributed by atoms with E-state index in [2.05, 4.69) is 10.0 Å². The Morgan fingerprint density at radius 2 is 1.81 bits per heavy atom. The van der Waals surface area contributed by atoms with Crippen molar-refractivity contribution in [1.29, 1.82) is 0 Å². The number of hydrogen-bond donors (Lipinski definition) is 2. The summed E-state index contributed by atoms with van der Waals surface area (Å²) in [6.45, 7) is 5.22. The molecule has 0 radical (unpaired) electrons. The van der Waals surface area contributed by atoms with Crippen LogP contribution in [0.1, 0.15) is 19.4 Å². The van der Waals surface area contributed by atoms with Crippen molar-refractivity contribution < 1.29 is 26.7 Å². The molecule has 2 rings (SSSR count). The van der Waals surface area contributed by atoms with E-state index in [1.54, 1.807) is 6.92 Å². The fraction of sp³-hybridized carbons (Fsp3) is 0.278. The van der Waals surface area contributed by atoms with Gasteiger partial charge in [0, 0.05) is 0 Å². The summed E-state index contributed by atoms with van der Waals surface area (Å²) in [6, 6.07) is 6.14. The van der Waals surface area contributed by atoms with E-state index in [9.17, 15) is 22.0 Å². The van der Waals surface area contributed by atoms with Gasteiger partial charge >= 0.3 is 0 Å². The summed E-state index contributed by atoms with van der Waals surface area (Å²) in [6.07, 6.45) is 0. The van der Waals surface area contributed by atoms with E-state index < -0.39 is 39.3 Å². The van der Waals surface area contributed by atoms with Gasteiger partial charge in [-0.2, -0.15) is 4.72 Å². The number of rotatable bonds is 7. The minimum absolute atomic E-state index is 0.0554. The molecule has 9 heteroatoms. The van der Waals surface area contributed by atoms with E-state index in [-0.39, 0.29) is 4.90 Å². The number of ether oxygens (including phenoxy) is 1. The molecule has 146 valence electrons. The highest BCUT2D eigenvalue weighted by molar-refractivity contribution is 7.89. The molecular weight excluding hydrogens is 378 g/mol. The maximum Gasteiger partial charge on any atom is 0.242 e. The first-order valence-corrected chi connectivity index (χ1v) is 9.64. The number of carbonyl (C=O) groups excluding carboxylic acids is 1. The van der Waals surface area contributed by atoms with Crippen molar-refractivity contribution in [3.05, 3.63) is 53.6 Å². The number of carbonyl (C=O) groups is 1. The monoisotopic (exact) mass is 398 g/mol. The molecule has 1 atom stereocenters. The first-order chi connectivity index (χ1) is 12.7. The van der Waals surface area contributed by atoms with Gasteiger partial charge in [-0.1, -0.05) is 6.07 Å². The summed E-state index contributed by atoms with van der Waals surface area (Å²) >= 11 is 0. The van der Waals surface area contributed by atoms with Crippen LogP contribution in [0.3, 0.4) is 0 Å². The highest BCUT2D eigenvalue weighted by atomic mass is 32.2. The molecule has 27 heavy (non-hydrogen) atoms. The number of sulfonamides is 1. The van der Waals surface area contributed by atoms with E-state index >= 15 is 0 Å². The smallest absolute Gasteiger partial charge is 0.242 e. The van der Waals surface area contributed by atoms with Gasteiger partial charge in [-0.15, -0.1) is 0 Å². The summed E-state index contributed by atoms with van der Waals surface area (Å²) in [5.74, 6) is -2.26. The van der Waals surface area contributed by atoms with Crippen molar-refractivity contribution in [3.8, 4) is 5.75 Å². The second-order valence-corrected chi connectivity index (χ2v) is 7.50. The lowest BCUT2D eigenvalue weighted by molar-refractivity contribution is -0.117. The van der Waals surface area contributed by atoms with Gasteiger partial charge in [-0.05, 0) is 56.7 Å². The third-order valence-corrected chi connectivity index (χ3v) is 5.23. The molecule has 0 bridgehead atoms. The molecule has 0 spiro atoms. The van der Waals surface area contributed by atoms with Crippen LogP contribution in [0, 0.1) is 18.6 Å². The van der Waals surface area contributed by atoms with Gasteiger partial charge in [0.15, 0.2) is 0 Å². The first-order valence-electron chi connectivity index (χ1n) is 8.16. The minimum atomic E-state index is -4.03. The predicted octanol–water partition coefficient (Wildman–Crippen LogP) is 2.98. The standard InChI is InChI=1S/C18H20F2N2O4S/c1-4-26-16-9-8-13(10-11(16)2)27(24,25)22-12(3)18(23)21-17-14(19)6-5-7-15(17)20/h5-10,12,22H,4H2,1-3H3,(H,21,23)/t12-/m0/s1. The van der Waals surface area contributed by atoms with Gasteiger partial charge in [0.2, 0.25) is 15.9 Å². The fourth-order valence-corrected chi connectivity index (χ4v) is 3.60. The van der Waals surface area contributed by atoms with Crippen LogP contribution in [0.4, 0.5) is 14.5 Å². The van der Waals surface area contributed by atoms with Crippen LogP contribution < -0.4 is 14.8 Å². The molecule has 0 saturated carbocycles. The molecule has 0 aliphatic heterocycles. The largest absolute Gasteiger partial charge is 0.494 e. The van der Waals surface area contributed by atoms with Crippen molar-refractivity contribution in [2.75, 3.05) is 11.9 Å². The Balaban J connectivity index is 2.14. The Morgan fingerprint density at radius 3 is 2.37 bits per heavy atom. The van der Waals surface area contributed by atoms with Gasteiger partial charge in [-0.3, -0.25) is 4.79 Å².